The van der Waals surface area contributed by atoms with Crippen LogP contribution >= 0.6 is 0 Å². The van der Waals surface area contributed by atoms with Crippen molar-refractivity contribution in [1.82, 2.24) is 24.4 Å². The molecular formula is C18H25N5O2. The fourth-order valence-electron chi connectivity index (χ4n) is 3.44. The predicted octanol–water partition coefficient (Wildman–Crippen LogP) is 1.59. The Kier molecular flexibility index (Phi) is 4.74. The van der Waals surface area contributed by atoms with Crippen LogP contribution in [-0.2, 0) is 17.6 Å². The first-order chi connectivity index (χ1) is 11.9. The molecule has 2 aromatic rings. The summed E-state index contributed by atoms with van der Waals surface area (Å²) in [6.07, 6.45) is 4.75. The number of rotatable bonds is 3. The zero-order valence-electron chi connectivity index (χ0n) is 15.2. The Morgan fingerprint density at radius 3 is 2.68 bits per heavy atom. The molecule has 3 heterocycles. The lowest BCUT2D eigenvalue weighted by Crippen LogP contribution is -2.38. The average molecular weight is 343 g/mol. The highest BCUT2D eigenvalue weighted by atomic mass is 16.2. The second-order valence-electron chi connectivity index (χ2n) is 6.93. The predicted molar refractivity (Wildman–Crippen MR) is 94.6 cm³/mol. The molecule has 1 amide bonds. The summed E-state index contributed by atoms with van der Waals surface area (Å²) in [7, 11) is 0. The molecule has 0 saturated carbocycles. The quantitative estimate of drug-likeness (QED) is 0.917. The van der Waals surface area contributed by atoms with Crippen LogP contribution in [0.2, 0.25) is 0 Å². The lowest BCUT2D eigenvalue weighted by atomic mass is 10.1. The normalized spacial score (nSPS) is 15.8. The average Bonchev–Trinajstić information content (AvgIpc) is 2.95. The number of nitrogens with one attached hydrogen (secondary N) is 1. The molecule has 7 heteroatoms. The van der Waals surface area contributed by atoms with Gasteiger partial charge in [0.05, 0.1) is 5.69 Å². The van der Waals surface area contributed by atoms with Crippen LogP contribution in [0.15, 0.2) is 17.2 Å². The minimum atomic E-state index is -0.311. The molecule has 1 atom stereocenters. The van der Waals surface area contributed by atoms with Crippen LogP contribution in [0.5, 0.6) is 0 Å². The molecule has 0 unspecified atom stereocenters. The third-order valence-electron chi connectivity index (χ3n) is 4.77. The summed E-state index contributed by atoms with van der Waals surface area (Å²) in [5, 5.41) is 0. The van der Waals surface area contributed by atoms with E-state index in [2.05, 4.69) is 28.8 Å². The SMILES string of the molecule is Cc1nc2c(c(=O)[nH]1)CCN(C(=O)[C@H](C)n1ccnc1C(C)C)CC2. The highest BCUT2D eigenvalue weighted by Crippen LogP contribution is 2.20. The third kappa shape index (κ3) is 3.36. The Morgan fingerprint density at radius 1 is 1.24 bits per heavy atom. The van der Waals surface area contributed by atoms with Gasteiger partial charge in [-0.05, 0) is 20.3 Å². The maximum absolute atomic E-state index is 13.0. The number of H-pyrrole nitrogens is 1. The van der Waals surface area contributed by atoms with Gasteiger partial charge >= 0.3 is 0 Å². The number of aryl methyl sites for hydroxylation is 1. The lowest BCUT2D eigenvalue weighted by molar-refractivity contribution is -0.134. The fraction of sp³-hybridized carbons (Fsp3) is 0.556. The maximum Gasteiger partial charge on any atom is 0.254 e. The van der Waals surface area contributed by atoms with Crippen molar-refractivity contribution in [3.05, 3.63) is 45.7 Å². The van der Waals surface area contributed by atoms with Crippen molar-refractivity contribution in [1.29, 1.82) is 0 Å². The van der Waals surface area contributed by atoms with Gasteiger partial charge in [0.2, 0.25) is 5.91 Å². The molecule has 0 bridgehead atoms. The summed E-state index contributed by atoms with van der Waals surface area (Å²) in [6.45, 7) is 8.94. The summed E-state index contributed by atoms with van der Waals surface area (Å²) >= 11 is 0. The number of hydrogen-bond acceptors (Lipinski definition) is 4. The number of imidazole rings is 1. The van der Waals surface area contributed by atoms with Gasteiger partial charge in [-0.2, -0.15) is 0 Å². The lowest BCUT2D eigenvalue weighted by Gasteiger charge is -2.26. The number of aromatic amines is 1. The van der Waals surface area contributed by atoms with Crippen molar-refractivity contribution in [3.63, 3.8) is 0 Å². The van der Waals surface area contributed by atoms with E-state index in [1.165, 1.54) is 0 Å². The van der Waals surface area contributed by atoms with Crippen LogP contribution in [0.3, 0.4) is 0 Å². The van der Waals surface area contributed by atoms with Crippen molar-refractivity contribution >= 4 is 5.91 Å². The summed E-state index contributed by atoms with van der Waals surface area (Å²) in [4.78, 5) is 38.6. The first-order valence-electron chi connectivity index (χ1n) is 8.78. The van der Waals surface area contributed by atoms with Crippen LogP contribution < -0.4 is 5.56 Å². The summed E-state index contributed by atoms with van der Waals surface area (Å²) in [5.74, 6) is 1.84. The van der Waals surface area contributed by atoms with E-state index in [0.717, 1.165) is 11.5 Å². The summed E-state index contributed by atoms with van der Waals surface area (Å²) in [6, 6.07) is -0.311. The molecule has 0 radical (unpaired) electrons. The first kappa shape index (κ1) is 17.4. The van der Waals surface area contributed by atoms with Crippen molar-refractivity contribution in [2.24, 2.45) is 0 Å². The third-order valence-corrected chi connectivity index (χ3v) is 4.77. The molecule has 134 valence electrons. The molecule has 0 aliphatic carbocycles. The number of hydrogen-bond donors (Lipinski definition) is 1. The van der Waals surface area contributed by atoms with Gasteiger partial charge in [-0.15, -0.1) is 0 Å². The largest absolute Gasteiger partial charge is 0.340 e. The van der Waals surface area contributed by atoms with Gasteiger partial charge in [0.1, 0.15) is 17.7 Å². The minimum absolute atomic E-state index is 0.0563. The Bertz CT molecular complexity index is 836. The standard InChI is InChI=1S/C18H25N5O2/c1-11(2)16-19-7-10-23(16)12(3)18(25)22-8-5-14-15(6-9-22)20-13(4)21-17(14)24/h7,10-12H,5-6,8-9H2,1-4H3,(H,20,21,24)/t12-/m0/s1. The number of amides is 1. The van der Waals surface area contributed by atoms with Gasteiger partial charge in [-0.25, -0.2) is 9.97 Å². The molecule has 1 N–H and O–H groups in total. The molecule has 1 aliphatic heterocycles. The summed E-state index contributed by atoms with van der Waals surface area (Å²) < 4.78 is 1.94. The van der Waals surface area contributed by atoms with E-state index in [4.69, 9.17) is 0 Å². The van der Waals surface area contributed by atoms with Crippen molar-refractivity contribution in [3.8, 4) is 0 Å². The van der Waals surface area contributed by atoms with Gasteiger partial charge < -0.3 is 14.5 Å². The Labute approximate surface area is 147 Å². The van der Waals surface area contributed by atoms with Gasteiger partial charge in [0.25, 0.3) is 5.56 Å². The Morgan fingerprint density at radius 2 is 1.96 bits per heavy atom. The monoisotopic (exact) mass is 343 g/mol. The zero-order chi connectivity index (χ0) is 18.1. The van der Waals surface area contributed by atoms with Crippen molar-refractivity contribution < 1.29 is 4.79 Å². The van der Waals surface area contributed by atoms with Gasteiger partial charge in [-0.1, -0.05) is 13.8 Å². The fourth-order valence-corrected chi connectivity index (χ4v) is 3.44. The highest BCUT2D eigenvalue weighted by Gasteiger charge is 2.27. The van der Waals surface area contributed by atoms with Crippen LogP contribution in [0.4, 0.5) is 0 Å². The van der Waals surface area contributed by atoms with Crippen molar-refractivity contribution in [2.75, 3.05) is 13.1 Å². The van der Waals surface area contributed by atoms with E-state index >= 15 is 0 Å². The number of aromatic nitrogens is 4. The Balaban J connectivity index is 1.79. The molecule has 2 aromatic heterocycles. The van der Waals surface area contributed by atoms with Crippen LogP contribution in [-0.4, -0.2) is 43.4 Å². The number of carbonyl (C=O) groups excluding carboxylic acids is 1. The molecule has 25 heavy (non-hydrogen) atoms. The molecule has 0 fully saturated rings. The molecular weight excluding hydrogens is 318 g/mol. The van der Waals surface area contributed by atoms with E-state index in [-0.39, 0.29) is 23.4 Å². The van der Waals surface area contributed by atoms with E-state index in [9.17, 15) is 9.59 Å². The number of fused-ring (bicyclic) bond motifs is 1. The molecule has 7 nitrogen and oxygen atoms in total. The number of nitrogens with zero attached hydrogens (tertiary/aromatic N) is 4. The van der Waals surface area contributed by atoms with Crippen molar-refractivity contribution in [2.45, 2.75) is 52.5 Å². The van der Waals surface area contributed by atoms with E-state index in [0.29, 0.717) is 37.3 Å². The van der Waals surface area contributed by atoms with E-state index in [1.54, 1.807) is 13.1 Å². The van der Waals surface area contributed by atoms with Crippen LogP contribution in [0, 0.1) is 6.92 Å². The smallest absolute Gasteiger partial charge is 0.254 e. The zero-order valence-corrected chi connectivity index (χ0v) is 15.2. The van der Waals surface area contributed by atoms with Gasteiger partial charge in [-0.3, -0.25) is 9.59 Å². The van der Waals surface area contributed by atoms with E-state index in [1.807, 2.05) is 22.6 Å². The maximum atomic E-state index is 13.0. The Hall–Kier alpha value is -2.44. The second-order valence-corrected chi connectivity index (χ2v) is 6.93. The molecule has 0 aromatic carbocycles. The van der Waals surface area contributed by atoms with Crippen LogP contribution in [0.1, 0.15) is 55.6 Å². The molecule has 1 aliphatic rings. The summed E-state index contributed by atoms with van der Waals surface area (Å²) in [5.41, 5.74) is 1.44. The number of carbonyl (C=O) groups is 1. The second kappa shape index (κ2) is 6.82. The first-order valence-corrected chi connectivity index (χ1v) is 8.78. The van der Waals surface area contributed by atoms with E-state index < -0.39 is 0 Å². The van der Waals surface area contributed by atoms with Gasteiger partial charge in [0.15, 0.2) is 0 Å². The molecule has 0 saturated heterocycles. The molecule has 0 spiro atoms. The topological polar surface area (TPSA) is 83.9 Å². The van der Waals surface area contributed by atoms with Crippen LogP contribution in [0.25, 0.3) is 0 Å². The molecule has 3 rings (SSSR count). The van der Waals surface area contributed by atoms with Gasteiger partial charge in [0, 0.05) is 43.4 Å². The highest BCUT2D eigenvalue weighted by molar-refractivity contribution is 5.80. The minimum Gasteiger partial charge on any atom is -0.340 e.